The first kappa shape index (κ1) is 38.3. The molecule has 0 radical (unpaired) electrons. The Hall–Kier alpha value is -9.53. The third-order valence-corrected chi connectivity index (χ3v) is 14.9. The van der Waals surface area contributed by atoms with Crippen LogP contribution in [-0.4, -0.2) is 13.4 Å². The molecule has 0 saturated carbocycles. The van der Waals surface area contributed by atoms with Crippen molar-refractivity contribution in [1.82, 2.24) is 0 Å². The molecule has 6 heterocycles. The summed E-state index contributed by atoms with van der Waals surface area (Å²) < 4.78 is 54.2. The summed E-state index contributed by atoms with van der Waals surface area (Å²) in [6, 6.07) is 65.5. The van der Waals surface area contributed by atoms with Gasteiger partial charge in [0.1, 0.15) is 68.7 Å². The fraction of sp³-hybridized carbons (Fsp3) is 0. The molecule has 0 N–H and O–H groups in total. The normalized spacial score (nSPS) is 13.4. The van der Waals surface area contributed by atoms with E-state index in [9.17, 15) is 0 Å². The number of rotatable bonds is 4. The molecule has 11 aromatic carbocycles. The van der Waals surface area contributed by atoms with Crippen molar-refractivity contribution < 1.29 is 37.3 Å². The minimum absolute atomic E-state index is 0.232. The van der Waals surface area contributed by atoms with Crippen LogP contribution < -0.4 is 61.2 Å². The van der Waals surface area contributed by atoms with Gasteiger partial charge in [-0.05, 0) is 140 Å². The lowest BCUT2D eigenvalue weighted by Crippen LogP contribution is -2.61. The zero-order chi connectivity index (χ0) is 46.8. The molecular weight excluding hydrogens is 894 g/mol. The van der Waals surface area contributed by atoms with Crippen molar-refractivity contribution in [2.24, 2.45) is 0 Å². The second-order valence-corrected chi connectivity index (χ2v) is 19.0. The minimum Gasteiger partial charge on any atom is -0.458 e. The molecule has 72 heavy (non-hydrogen) atoms. The molecule has 0 aliphatic carbocycles. The maximum absolute atomic E-state index is 7.10. The summed E-state index contributed by atoms with van der Waals surface area (Å²) in [6.45, 7) is -0.463. The molecular formula is C62H32B2O8. The van der Waals surface area contributed by atoms with Crippen molar-refractivity contribution in [2.45, 2.75) is 0 Å². The van der Waals surface area contributed by atoms with Gasteiger partial charge in [-0.2, -0.15) is 0 Å². The molecule has 10 heteroatoms. The molecule has 0 atom stereocenters. The van der Waals surface area contributed by atoms with Gasteiger partial charge < -0.3 is 37.3 Å². The lowest BCUT2D eigenvalue weighted by Gasteiger charge is -2.36. The Labute approximate surface area is 410 Å². The fourth-order valence-corrected chi connectivity index (χ4v) is 11.7. The zero-order valence-corrected chi connectivity index (χ0v) is 37.9. The van der Waals surface area contributed by atoms with Crippen LogP contribution in [0.2, 0.25) is 0 Å². The Kier molecular flexibility index (Phi) is 7.48. The van der Waals surface area contributed by atoms with E-state index in [2.05, 4.69) is 97.1 Å². The third-order valence-electron chi connectivity index (χ3n) is 14.9. The number of furan rings is 2. The van der Waals surface area contributed by atoms with E-state index in [-0.39, 0.29) is 13.4 Å². The summed E-state index contributed by atoms with van der Waals surface area (Å²) in [5.41, 5.74) is 8.83. The second kappa shape index (κ2) is 14.1. The van der Waals surface area contributed by atoms with E-state index in [1.165, 1.54) is 0 Å². The second-order valence-electron chi connectivity index (χ2n) is 19.0. The van der Waals surface area contributed by atoms with Gasteiger partial charge in [-0.1, -0.05) is 91.0 Å². The Bertz CT molecular complexity index is 4260. The summed E-state index contributed by atoms with van der Waals surface area (Å²) in [6.07, 6.45) is 0. The van der Waals surface area contributed by atoms with Crippen LogP contribution in [0.4, 0.5) is 0 Å². The molecule has 0 fully saturated rings. The molecule has 0 saturated heterocycles. The topological polar surface area (TPSA) is 81.7 Å². The predicted molar refractivity (Wildman–Crippen MR) is 284 cm³/mol. The molecule has 334 valence electrons. The van der Waals surface area contributed by atoms with Gasteiger partial charge in [0.05, 0.1) is 0 Å². The predicted octanol–water partition coefficient (Wildman–Crippen LogP) is 12.8. The standard InChI is InChI=1S/C62H32B2O8/c1-3-11-37(12-4-1)65-39-21-19-33-27-51-41(25-35(33)23-39)43-29-55-57-61(59(43)71-51)69-49-17-9-7-15-45(49)63(57)47-31-48-54(32-53(47)67-55)68-56-30-44-42-26-36-24-40(66-38-13-5-2-6-14-38)22-20-34(36)28-52(42)72-60(44)62-58(56)64(48)46-16-8-10-18-50(46)70-62/h1-32H. The van der Waals surface area contributed by atoms with Crippen LogP contribution in [0.25, 0.3) is 65.4 Å². The molecule has 4 aliphatic heterocycles. The van der Waals surface area contributed by atoms with Crippen LogP contribution in [0.15, 0.2) is 203 Å². The van der Waals surface area contributed by atoms with Crippen molar-refractivity contribution in [3.05, 3.63) is 194 Å². The van der Waals surface area contributed by atoms with E-state index in [1.807, 2.05) is 97.1 Å². The van der Waals surface area contributed by atoms with Gasteiger partial charge >= 0.3 is 0 Å². The highest BCUT2D eigenvalue weighted by atomic mass is 16.5. The highest BCUT2D eigenvalue weighted by Gasteiger charge is 2.47. The first-order chi connectivity index (χ1) is 35.6. The number of fused-ring (bicyclic) bond motifs is 18. The van der Waals surface area contributed by atoms with Crippen LogP contribution in [-0.2, 0) is 0 Å². The number of hydrogen-bond acceptors (Lipinski definition) is 8. The molecule has 13 aromatic rings. The average Bonchev–Trinajstić information content (AvgIpc) is 3.96. The molecule has 8 nitrogen and oxygen atoms in total. The molecule has 4 aliphatic rings. The van der Waals surface area contributed by atoms with Crippen LogP contribution >= 0.6 is 0 Å². The average molecular weight is 927 g/mol. The van der Waals surface area contributed by atoms with E-state index in [0.717, 1.165) is 122 Å². The van der Waals surface area contributed by atoms with E-state index in [1.54, 1.807) is 0 Å². The maximum atomic E-state index is 7.10. The van der Waals surface area contributed by atoms with Gasteiger partial charge in [-0.15, -0.1) is 0 Å². The van der Waals surface area contributed by atoms with Gasteiger partial charge in [-0.3, -0.25) is 0 Å². The highest BCUT2D eigenvalue weighted by molar-refractivity contribution is 7.01. The van der Waals surface area contributed by atoms with Gasteiger partial charge in [0.25, 0.3) is 13.4 Å². The van der Waals surface area contributed by atoms with Gasteiger partial charge in [0, 0.05) is 38.5 Å². The smallest absolute Gasteiger partial charge is 0.260 e. The summed E-state index contributed by atoms with van der Waals surface area (Å²) in [5, 5.41) is 7.83. The van der Waals surface area contributed by atoms with Crippen LogP contribution in [0.5, 0.6) is 69.0 Å². The minimum atomic E-state index is -0.232. The Morgan fingerprint density at radius 2 is 0.750 bits per heavy atom. The monoisotopic (exact) mass is 926 g/mol. The van der Waals surface area contributed by atoms with Crippen molar-refractivity contribution in [1.29, 1.82) is 0 Å². The first-order valence-electron chi connectivity index (χ1n) is 24.1. The molecule has 0 unspecified atom stereocenters. The molecule has 0 spiro atoms. The van der Waals surface area contributed by atoms with Gasteiger partial charge in [-0.25, -0.2) is 0 Å². The van der Waals surface area contributed by atoms with Crippen molar-refractivity contribution in [3.8, 4) is 69.0 Å². The summed E-state index contributed by atoms with van der Waals surface area (Å²) >= 11 is 0. The van der Waals surface area contributed by atoms with Crippen molar-refractivity contribution in [2.75, 3.05) is 0 Å². The lowest BCUT2D eigenvalue weighted by molar-refractivity contribution is 0.450. The van der Waals surface area contributed by atoms with Crippen molar-refractivity contribution in [3.63, 3.8) is 0 Å². The van der Waals surface area contributed by atoms with E-state index < -0.39 is 0 Å². The highest BCUT2D eigenvalue weighted by Crippen LogP contribution is 2.48. The summed E-state index contributed by atoms with van der Waals surface area (Å²) in [7, 11) is 0. The van der Waals surface area contributed by atoms with E-state index in [0.29, 0.717) is 45.7 Å². The molecule has 17 rings (SSSR count). The lowest BCUT2D eigenvalue weighted by atomic mass is 9.31. The number of ether oxygens (including phenoxy) is 6. The summed E-state index contributed by atoms with van der Waals surface area (Å²) in [5.74, 6) is 8.77. The maximum Gasteiger partial charge on any atom is 0.260 e. The van der Waals surface area contributed by atoms with Crippen LogP contribution in [0, 0.1) is 0 Å². The molecule has 0 amide bonds. The van der Waals surface area contributed by atoms with Crippen molar-refractivity contribution >= 4 is 112 Å². The Balaban J connectivity index is 0.832. The molecule has 2 aromatic heterocycles. The Morgan fingerprint density at radius 1 is 0.292 bits per heavy atom. The Morgan fingerprint density at radius 3 is 1.24 bits per heavy atom. The van der Waals surface area contributed by atoms with E-state index >= 15 is 0 Å². The SMILES string of the molecule is c1ccc(Oc2ccc3cc4oc5c6c7c(cc5c4cc3c2)Oc2cc3c(cc2B7c2ccccc2O6)B2c4ccccc4Oc4c2c(cc2c4oc4cc5ccc(Oc6ccccc6)cc5cc42)O3)cc1. The number of para-hydroxylation sites is 4. The third kappa shape index (κ3) is 5.43. The first-order valence-corrected chi connectivity index (χ1v) is 24.1. The largest absolute Gasteiger partial charge is 0.458 e. The zero-order valence-electron chi connectivity index (χ0n) is 37.9. The number of hydrogen-bond donors (Lipinski definition) is 0. The van der Waals surface area contributed by atoms with Gasteiger partial charge in [0.15, 0.2) is 22.7 Å². The molecule has 0 bridgehead atoms. The fourth-order valence-electron chi connectivity index (χ4n) is 11.7. The summed E-state index contributed by atoms with van der Waals surface area (Å²) in [4.78, 5) is 0. The van der Waals surface area contributed by atoms with Crippen LogP contribution in [0.1, 0.15) is 0 Å². The number of benzene rings is 11. The van der Waals surface area contributed by atoms with Gasteiger partial charge in [0.2, 0.25) is 0 Å². The quantitative estimate of drug-likeness (QED) is 0.161. The van der Waals surface area contributed by atoms with E-state index in [4.69, 9.17) is 37.3 Å². The van der Waals surface area contributed by atoms with Crippen LogP contribution in [0.3, 0.4) is 0 Å².